The number of nitrogen functional groups attached to an aromatic ring is 1. The van der Waals surface area contributed by atoms with Crippen molar-refractivity contribution in [2.45, 2.75) is 38.3 Å². The number of aromatic nitrogens is 1. The first-order valence-electron chi connectivity index (χ1n) is 10.0. The number of nitrogens with zero attached hydrogens (tertiary/aromatic N) is 2. The largest absolute Gasteiger partial charge is 0.484 e. The number of fused-ring (bicyclic) bond motifs is 3. The second-order valence-corrected chi connectivity index (χ2v) is 7.86. The Labute approximate surface area is 170 Å². The van der Waals surface area contributed by atoms with Gasteiger partial charge in [-0.05, 0) is 55.9 Å². The van der Waals surface area contributed by atoms with Gasteiger partial charge in [-0.1, -0.05) is 18.2 Å². The van der Waals surface area contributed by atoms with Gasteiger partial charge in [0.1, 0.15) is 5.75 Å². The van der Waals surface area contributed by atoms with E-state index < -0.39 is 0 Å². The molecule has 2 bridgehead atoms. The molecule has 2 amide bonds. The Hall–Kier alpha value is -3.09. The van der Waals surface area contributed by atoms with Crippen molar-refractivity contribution in [1.82, 2.24) is 15.2 Å². The number of para-hydroxylation sites is 1. The number of pyridine rings is 1. The molecule has 3 aliphatic rings. The molecule has 3 fully saturated rings. The van der Waals surface area contributed by atoms with Gasteiger partial charge in [-0.25, -0.2) is 4.98 Å². The third kappa shape index (κ3) is 4.04. The fraction of sp³-hybridized carbons (Fsp3) is 0.409. The van der Waals surface area contributed by atoms with Gasteiger partial charge in [0.2, 0.25) is 0 Å². The molecule has 3 heterocycles. The van der Waals surface area contributed by atoms with Crippen molar-refractivity contribution in [2.75, 3.05) is 18.9 Å². The fourth-order valence-corrected chi connectivity index (χ4v) is 4.37. The van der Waals surface area contributed by atoms with E-state index >= 15 is 0 Å². The molecular weight excluding hydrogens is 368 g/mol. The summed E-state index contributed by atoms with van der Waals surface area (Å²) in [6, 6.07) is 11.0. The van der Waals surface area contributed by atoms with Crippen molar-refractivity contribution in [2.24, 2.45) is 5.92 Å². The quantitative estimate of drug-likeness (QED) is 0.810. The second kappa shape index (κ2) is 8.11. The molecule has 1 aliphatic carbocycles. The first kappa shape index (κ1) is 19.2. The minimum absolute atomic E-state index is 0.000281. The van der Waals surface area contributed by atoms with Gasteiger partial charge in [-0.2, -0.15) is 0 Å². The Morgan fingerprint density at radius 2 is 2.03 bits per heavy atom. The molecule has 1 aromatic carbocycles. The number of hydrogen-bond acceptors (Lipinski definition) is 5. The van der Waals surface area contributed by atoms with Crippen molar-refractivity contribution >= 4 is 17.5 Å². The topological polar surface area (TPSA) is 97.5 Å². The van der Waals surface area contributed by atoms with Crippen LogP contribution in [0.2, 0.25) is 0 Å². The lowest BCUT2D eigenvalue weighted by Crippen LogP contribution is -2.63. The summed E-state index contributed by atoms with van der Waals surface area (Å²) in [4.78, 5) is 31.6. The number of hydrogen-bond donors (Lipinski definition) is 2. The highest BCUT2D eigenvalue weighted by Gasteiger charge is 2.43. The van der Waals surface area contributed by atoms with Crippen LogP contribution < -0.4 is 15.8 Å². The predicted molar refractivity (Wildman–Crippen MR) is 109 cm³/mol. The second-order valence-electron chi connectivity index (χ2n) is 7.86. The van der Waals surface area contributed by atoms with E-state index in [4.69, 9.17) is 10.5 Å². The number of carbonyl (C=O) groups excluding carboxylic acids is 2. The summed E-state index contributed by atoms with van der Waals surface area (Å²) >= 11 is 0. The number of nitrogens with one attached hydrogen (secondary N) is 1. The third-order valence-electron chi connectivity index (χ3n) is 5.94. The Bertz CT molecular complexity index is 902. The van der Waals surface area contributed by atoms with E-state index in [2.05, 4.69) is 10.3 Å². The highest BCUT2D eigenvalue weighted by Crippen LogP contribution is 2.35. The molecule has 2 saturated heterocycles. The van der Waals surface area contributed by atoms with E-state index in [0.29, 0.717) is 17.4 Å². The molecule has 3 unspecified atom stereocenters. The number of ether oxygens (including phenoxy) is 1. The van der Waals surface area contributed by atoms with Crippen molar-refractivity contribution in [3.63, 3.8) is 0 Å². The Kier molecular flexibility index (Phi) is 5.38. The zero-order valence-electron chi connectivity index (χ0n) is 16.5. The standard InChI is InChI=1S/C22H26N4O3/c1-14-9-10-24-21(20(14)23)22(28)25-17-11-15-7-8-18(17)26(12-15)19(27)13-29-16-5-3-2-4-6-16/h2-6,9-10,15,17-18H,7-8,11-13,23H2,1H3,(H,25,28). The summed E-state index contributed by atoms with van der Waals surface area (Å²) in [6.07, 6.45) is 4.41. The minimum Gasteiger partial charge on any atom is -0.484 e. The van der Waals surface area contributed by atoms with Crippen LogP contribution in [0.25, 0.3) is 0 Å². The molecule has 0 spiro atoms. The van der Waals surface area contributed by atoms with E-state index in [0.717, 1.165) is 31.4 Å². The van der Waals surface area contributed by atoms with Crippen molar-refractivity contribution in [3.05, 3.63) is 53.9 Å². The van der Waals surface area contributed by atoms with Gasteiger partial charge in [-0.3, -0.25) is 9.59 Å². The molecule has 1 aromatic heterocycles. The summed E-state index contributed by atoms with van der Waals surface area (Å²) in [7, 11) is 0. The summed E-state index contributed by atoms with van der Waals surface area (Å²) < 4.78 is 5.64. The van der Waals surface area contributed by atoms with Crippen molar-refractivity contribution in [1.29, 1.82) is 0 Å². The zero-order chi connectivity index (χ0) is 20.4. The lowest BCUT2D eigenvalue weighted by atomic mass is 9.76. The van der Waals surface area contributed by atoms with Crippen molar-refractivity contribution in [3.8, 4) is 5.75 Å². The summed E-state index contributed by atoms with van der Waals surface area (Å²) in [5, 5.41) is 3.08. The molecule has 7 nitrogen and oxygen atoms in total. The monoisotopic (exact) mass is 394 g/mol. The molecule has 5 rings (SSSR count). The fourth-order valence-electron chi connectivity index (χ4n) is 4.37. The maximum Gasteiger partial charge on any atom is 0.272 e. The lowest BCUT2D eigenvalue weighted by molar-refractivity contribution is -0.142. The highest BCUT2D eigenvalue weighted by molar-refractivity contribution is 5.98. The van der Waals surface area contributed by atoms with E-state index in [-0.39, 0.29) is 36.2 Å². The van der Waals surface area contributed by atoms with Crippen LogP contribution in [0.15, 0.2) is 42.6 Å². The van der Waals surface area contributed by atoms with Gasteiger partial charge < -0.3 is 20.7 Å². The van der Waals surface area contributed by atoms with Gasteiger partial charge in [0.05, 0.1) is 11.7 Å². The number of aryl methyl sites for hydroxylation is 1. The van der Waals surface area contributed by atoms with E-state index in [1.165, 1.54) is 0 Å². The van der Waals surface area contributed by atoms with Gasteiger partial charge >= 0.3 is 0 Å². The average molecular weight is 394 g/mol. The smallest absolute Gasteiger partial charge is 0.272 e. The number of amides is 2. The maximum atomic E-state index is 12.8. The van der Waals surface area contributed by atoms with Gasteiger partial charge in [0.25, 0.3) is 11.8 Å². The number of carbonyl (C=O) groups is 2. The van der Waals surface area contributed by atoms with Gasteiger partial charge in [0.15, 0.2) is 12.3 Å². The first-order chi connectivity index (χ1) is 14.0. The van der Waals surface area contributed by atoms with Crippen molar-refractivity contribution < 1.29 is 14.3 Å². The molecule has 152 valence electrons. The molecule has 7 heteroatoms. The molecule has 3 N–H and O–H groups in total. The molecule has 3 atom stereocenters. The van der Waals surface area contributed by atoms with Crippen LogP contribution in [0.5, 0.6) is 5.75 Å². The predicted octanol–water partition coefficient (Wildman–Crippen LogP) is 2.16. The number of anilines is 1. The van der Waals surface area contributed by atoms with Crippen LogP contribution in [0, 0.1) is 12.8 Å². The summed E-state index contributed by atoms with van der Waals surface area (Å²) in [6.45, 7) is 2.57. The van der Waals surface area contributed by atoms with Crippen LogP contribution in [0.4, 0.5) is 5.69 Å². The normalized spacial score (nSPS) is 22.9. The number of rotatable bonds is 5. The van der Waals surface area contributed by atoms with Crippen LogP contribution in [0.3, 0.4) is 0 Å². The van der Waals surface area contributed by atoms with Gasteiger partial charge in [-0.15, -0.1) is 0 Å². The Morgan fingerprint density at radius 1 is 1.24 bits per heavy atom. The van der Waals surface area contributed by atoms with E-state index in [9.17, 15) is 9.59 Å². The maximum absolute atomic E-state index is 12.8. The number of piperidine rings is 2. The Balaban J connectivity index is 1.42. The molecule has 2 aliphatic heterocycles. The van der Waals surface area contributed by atoms with Gasteiger partial charge in [0, 0.05) is 18.8 Å². The highest BCUT2D eigenvalue weighted by atomic mass is 16.5. The van der Waals surface area contributed by atoms with E-state index in [1.54, 1.807) is 12.3 Å². The molecule has 1 saturated carbocycles. The lowest BCUT2D eigenvalue weighted by Gasteiger charge is -2.50. The van der Waals surface area contributed by atoms with Crippen LogP contribution >= 0.6 is 0 Å². The zero-order valence-corrected chi connectivity index (χ0v) is 16.5. The molecule has 2 aromatic rings. The number of nitrogens with two attached hydrogens (primary N) is 1. The molecule has 0 radical (unpaired) electrons. The summed E-state index contributed by atoms with van der Waals surface area (Å²) in [5.74, 6) is 0.732. The van der Waals surface area contributed by atoms with E-state index in [1.807, 2.05) is 42.2 Å². The van der Waals surface area contributed by atoms with Crippen LogP contribution in [-0.2, 0) is 4.79 Å². The molecular formula is C22H26N4O3. The first-order valence-corrected chi connectivity index (χ1v) is 10.0. The summed E-state index contributed by atoms with van der Waals surface area (Å²) in [5.41, 5.74) is 7.50. The van der Waals surface area contributed by atoms with Crippen LogP contribution in [0.1, 0.15) is 35.3 Å². The average Bonchev–Trinajstić information content (AvgIpc) is 2.75. The Morgan fingerprint density at radius 3 is 2.79 bits per heavy atom. The SMILES string of the molecule is Cc1ccnc(C(=O)NC2CC3CCC2N(C(=O)COc2ccccc2)C3)c1N. The molecule has 29 heavy (non-hydrogen) atoms. The third-order valence-corrected chi connectivity index (χ3v) is 5.94. The van der Waals surface area contributed by atoms with Crippen LogP contribution in [-0.4, -0.2) is 46.9 Å². The number of benzene rings is 1. The minimum atomic E-state index is -0.281.